The van der Waals surface area contributed by atoms with Gasteiger partial charge in [0.05, 0.1) is 12.6 Å². The maximum absolute atomic E-state index is 12.9. The molecule has 9 nitrogen and oxygen atoms in total. The van der Waals surface area contributed by atoms with Crippen LogP contribution in [0.1, 0.15) is 53.4 Å². The van der Waals surface area contributed by atoms with Crippen molar-refractivity contribution in [2.45, 2.75) is 65.1 Å². The Morgan fingerprint density at radius 1 is 1.27 bits per heavy atom. The normalized spacial score (nSPS) is 18.8. The molecule has 0 aromatic rings. The van der Waals surface area contributed by atoms with Crippen LogP contribution >= 0.6 is 0 Å². The van der Waals surface area contributed by atoms with Gasteiger partial charge in [0.15, 0.2) is 6.17 Å². The highest BCUT2D eigenvalue weighted by Crippen LogP contribution is 2.34. The minimum absolute atomic E-state index is 0.243. The molecule has 0 spiro atoms. The van der Waals surface area contributed by atoms with Crippen molar-refractivity contribution >= 4 is 18.0 Å². The molecule has 0 bridgehead atoms. The Morgan fingerprint density at radius 3 is 2.42 bits per heavy atom. The number of carbonyl (C=O) groups is 3. The molecule has 1 aliphatic rings. The number of amides is 4. The minimum Gasteiger partial charge on any atom is -0.468 e. The average Bonchev–Trinajstić information content (AvgIpc) is 2.78. The molecule has 0 aliphatic carbocycles. The van der Waals surface area contributed by atoms with Crippen molar-refractivity contribution in [2.75, 3.05) is 26.7 Å². The number of hydrogen-bond donors (Lipinski definition) is 2. The maximum Gasteiger partial charge on any atom is 0.343 e. The predicted octanol–water partition coefficient (Wildman–Crippen LogP) is 2.00. The minimum atomic E-state index is -0.976. The van der Waals surface area contributed by atoms with Crippen LogP contribution in [0.4, 0.5) is 9.59 Å². The number of esters is 1. The van der Waals surface area contributed by atoms with E-state index in [1.807, 2.05) is 13.8 Å². The van der Waals surface area contributed by atoms with Crippen LogP contribution in [0.3, 0.4) is 0 Å². The van der Waals surface area contributed by atoms with E-state index in [2.05, 4.69) is 10.1 Å². The summed E-state index contributed by atoms with van der Waals surface area (Å²) >= 11 is 0. The molecule has 0 aromatic carbocycles. The summed E-state index contributed by atoms with van der Waals surface area (Å²) in [7, 11) is 1.25. The van der Waals surface area contributed by atoms with Crippen LogP contribution in [0, 0.1) is 0 Å². The SMILES string of the molecule is CCCCNC(=O)N(O)[C@@H]1N(CCCC)C(=O)N(CC(=O)OC)C1(C)C. The van der Waals surface area contributed by atoms with Crippen LogP contribution in [-0.2, 0) is 9.53 Å². The van der Waals surface area contributed by atoms with E-state index in [1.165, 1.54) is 16.9 Å². The van der Waals surface area contributed by atoms with E-state index in [4.69, 9.17) is 0 Å². The topological polar surface area (TPSA) is 102 Å². The second-order valence-corrected chi connectivity index (χ2v) is 6.95. The van der Waals surface area contributed by atoms with Crippen LogP contribution in [0.5, 0.6) is 0 Å². The standard InChI is InChI=1S/C17H32N4O5/c1-6-8-10-18-15(23)21(25)14-17(3,4)20(12-13(22)26-5)16(24)19(14)11-9-7-2/h14,25H,6-12H2,1-5H3,(H,18,23)/t14-/m0/s1. The summed E-state index contributed by atoms with van der Waals surface area (Å²) in [6.07, 6.45) is 2.36. The summed E-state index contributed by atoms with van der Waals surface area (Å²) in [6, 6.07) is -1.06. The van der Waals surface area contributed by atoms with Gasteiger partial charge in [0, 0.05) is 13.1 Å². The zero-order valence-corrected chi connectivity index (χ0v) is 16.4. The zero-order chi connectivity index (χ0) is 19.9. The first-order chi connectivity index (χ1) is 12.2. The monoisotopic (exact) mass is 372 g/mol. The van der Waals surface area contributed by atoms with Crippen LogP contribution in [0.25, 0.3) is 0 Å². The molecule has 1 fully saturated rings. The number of nitrogens with one attached hydrogen (secondary N) is 1. The number of carbonyl (C=O) groups excluding carboxylic acids is 3. The van der Waals surface area contributed by atoms with Crippen molar-refractivity contribution in [2.24, 2.45) is 0 Å². The van der Waals surface area contributed by atoms with E-state index in [0.717, 1.165) is 25.7 Å². The fourth-order valence-electron chi connectivity index (χ4n) is 3.03. The van der Waals surface area contributed by atoms with Gasteiger partial charge >= 0.3 is 18.0 Å². The summed E-state index contributed by atoms with van der Waals surface area (Å²) in [4.78, 5) is 39.7. The van der Waals surface area contributed by atoms with Gasteiger partial charge in [0.25, 0.3) is 0 Å². The van der Waals surface area contributed by atoms with E-state index in [9.17, 15) is 19.6 Å². The van der Waals surface area contributed by atoms with Crippen molar-refractivity contribution in [3.8, 4) is 0 Å². The molecule has 2 N–H and O–H groups in total. The summed E-state index contributed by atoms with van der Waals surface area (Å²) in [5.74, 6) is -0.556. The fraction of sp³-hybridized carbons (Fsp3) is 0.824. The summed E-state index contributed by atoms with van der Waals surface area (Å²) in [6.45, 7) is 7.99. The number of nitrogens with zero attached hydrogens (tertiary/aromatic N) is 3. The van der Waals surface area contributed by atoms with Gasteiger partial charge in [0.2, 0.25) is 0 Å². The average molecular weight is 372 g/mol. The molecule has 1 atom stereocenters. The largest absolute Gasteiger partial charge is 0.468 e. The summed E-state index contributed by atoms with van der Waals surface area (Å²) < 4.78 is 4.67. The number of ether oxygens (including phenoxy) is 1. The Morgan fingerprint density at radius 2 is 1.88 bits per heavy atom. The highest BCUT2D eigenvalue weighted by molar-refractivity contribution is 5.85. The van der Waals surface area contributed by atoms with E-state index in [0.29, 0.717) is 18.2 Å². The van der Waals surface area contributed by atoms with Crippen molar-refractivity contribution in [3.05, 3.63) is 0 Å². The number of methoxy groups -OCH3 is 1. The van der Waals surface area contributed by atoms with Gasteiger partial charge in [-0.25, -0.2) is 9.59 Å². The van der Waals surface area contributed by atoms with Crippen LogP contribution in [0.2, 0.25) is 0 Å². The third-order valence-corrected chi connectivity index (χ3v) is 4.61. The molecular formula is C17H32N4O5. The molecule has 9 heteroatoms. The van der Waals surface area contributed by atoms with Gasteiger partial charge in [-0.2, -0.15) is 5.06 Å². The third kappa shape index (κ3) is 4.78. The lowest BCUT2D eigenvalue weighted by Crippen LogP contribution is -2.59. The Bertz CT molecular complexity index is 511. The Kier molecular flexibility index (Phi) is 8.13. The Labute approximate surface area is 155 Å². The predicted molar refractivity (Wildman–Crippen MR) is 95.5 cm³/mol. The van der Waals surface area contributed by atoms with Crippen molar-refractivity contribution in [3.63, 3.8) is 0 Å². The molecule has 0 saturated carbocycles. The lowest BCUT2D eigenvalue weighted by atomic mass is 10.00. The second-order valence-electron chi connectivity index (χ2n) is 6.95. The molecule has 1 rings (SSSR count). The maximum atomic E-state index is 12.9. The smallest absolute Gasteiger partial charge is 0.343 e. The van der Waals surface area contributed by atoms with Crippen molar-refractivity contribution in [1.29, 1.82) is 0 Å². The molecule has 1 saturated heterocycles. The van der Waals surface area contributed by atoms with Gasteiger partial charge in [-0.05, 0) is 26.7 Å². The molecule has 4 amide bonds. The van der Waals surface area contributed by atoms with Crippen LogP contribution in [-0.4, -0.2) is 76.6 Å². The zero-order valence-electron chi connectivity index (χ0n) is 16.4. The molecular weight excluding hydrogens is 340 g/mol. The van der Waals surface area contributed by atoms with Crippen molar-refractivity contribution in [1.82, 2.24) is 20.2 Å². The lowest BCUT2D eigenvalue weighted by Gasteiger charge is -2.38. The molecule has 0 radical (unpaired) electrons. The highest BCUT2D eigenvalue weighted by Gasteiger charge is 2.55. The van der Waals surface area contributed by atoms with Crippen LogP contribution in [0.15, 0.2) is 0 Å². The Hall–Kier alpha value is -2.03. The number of hydrogen-bond acceptors (Lipinski definition) is 5. The Balaban J connectivity index is 3.07. The van der Waals surface area contributed by atoms with E-state index in [-0.39, 0.29) is 6.54 Å². The quantitative estimate of drug-likeness (QED) is 0.279. The summed E-state index contributed by atoms with van der Waals surface area (Å²) in [5, 5.41) is 13.7. The second kappa shape index (κ2) is 9.61. The summed E-state index contributed by atoms with van der Waals surface area (Å²) in [5.41, 5.74) is -0.976. The number of rotatable bonds is 9. The molecule has 0 aromatic heterocycles. The van der Waals surface area contributed by atoms with Gasteiger partial charge in [-0.1, -0.05) is 26.7 Å². The van der Waals surface area contributed by atoms with Gasteiger partial charge < -0.3 is 15.0 Å². The number of unbranched alkanes of at least 4 members (excludes halogenated alkanes) is 2. The molecule has 26 heavy (non-hydrogen) atoms. The lowest BCUT2D eigenvalue weighted by molar-refractivity contribution is -0.146. The third-order valence-electron chi connectivity index (χ3n) is 4.61. The highest BCUT2D eigenvalue weighted by atomic mass is 16.5. The van der Waals surface area contributed by atoms with Gasteiger partial charge in [-0.3, -0.25) is 14.9 Å². The van der Waals surface area contributed by atoms with Gasteiger partial charge in [0.1, 0.15) is 6.54 Å². The fourth-order valence-corrected chi connectivity index (χ4v) is 3.03. The van der Waals surface area contributed by atoms with E-state index >= 15 is 0 Å². The number of hydroxylamine groups is 2. The molecule has 1 aliphatic heterocycles. The first-order valence-corrected chi connectivity index (χ1v) is 9.13. The molecule has 1 heterocycles. The molecule has 0 unspecified atom stereocenters. The first-order valence-electron chi connectivity index (χ1n) is 9.13. The first kappa shape index (κ1) is 22.0. The van der Waals surface area contributed by atoms with E-state index in [1.54, 1.807) is 13.8 Å². The van der Waals surface area contributed by atoms with E-state index < -0.39 is 29.7 Å². The van der Waals surface area contributed by atoms with Gasteiger partial charge in [-0.15, -0.1) is 0 Å². The molecule has 150 valence electrons. The number of urea groups is 2. The van der Waals surface area contributed by atoms with Crippen molar-refractivity contribution < 1.29 is 24.3 Å². The van der Waals surface area contributed by atoms with Crippen LogP contribution < -0.4 is 5.32 Å².